The van der Waals surface area contributed by atoms with E-state index < -0.39 is 10.1 Å². The zero-order valence-corrected chi connectivity index (χ0v) is 14.1. The summed E-state index contributed by atoms with van der Waals surface area (Å²) in [5, 5.41) is 0. The molecule has 8 heteroatoms. The van der Waals surface area contributed by atoms with E-state index in [1.165, 1.54) is 38.5 Å². The number of nitrogens with zero attached hydrogens (tertiary/aromatic N) is 1. The smallest absolute Gasteiger partial charge is 0.343 e. The summed E-state index contributed by atoms with van der Waals surface area (Å²) in [4.78, 5) is 4.03. The lowest BCUT2D eigenvalue weighted by Gasteiger charge is -2.11. The first kappa shape index (κ1) is 16.1. The van der Waals surface area contributed by atoms with Crippen LogP contribution in [0.15, 0.2) is 45.7 Å². The van der Waals surface area contributed by atoms with Crippen molar-refractivity contribution >= 4 is 21.2 Å². The largest absolute Gasteiger partial charge is 0.497 e. The normalized spacial score (nSPS) is 11.5. The molecule has 0 saturated heterocycles. The number of aromatic nitrogens is 1. The van der Waals surface area contributed by atoms with Gasteiger partial charge in [-0.25, -0.2) is 4.98 Å². The molecule has 24 heavy (non-hydrogen) atoms. The van der Waals surface area contributed by atoms with E-state index in [-0.39, 0.29) is 16.4 Å². The molecule has 0 N–H and O–H groups in total. The molecule has 0 aliphatic rings. The monoisotopic (exact) mass is 349 g/mol. The van der Waals surface area contributed by atoms with Crippen LogP contribution in [0.2, 0.25) is 0 Å². The third kappa shape index (κ3) is 3.00. The summed E-state index contributed by atoms with van der Waals surface area (Å²) in [6.45, 7) is 1.71. The maximum atomic E-state index is 12.6. The number of hydrogen-bond donors (Lipinski definition) is 0. The minimum Gasteiger partial charge on any atom is -0.497 e. The number of ether oxygens (including phenoxy) is 2. The Morgan fingerprint density at radius 2 is 1.75 bits per heavy atom. The predicted molar refractivity (Wildman–Crippen MR) is 86.1 cm³/mol. The van der Waals surface area contributed by atoms with Crippen LogP contribution in [-0.4, -0.2) is 27.6 Å². The van der Waals surface area contributed by atoms with Gasteiger partial charge in [0.25, 0.3) is 0 Å². The molecule has 0 fully saturated rings. The van der Waals surface area contributed by atoms with Crippen molar-refractivity contribution in [1.82, 2.24) is 4.98 Å². The molecule has 3 aromatic rings. The molecular formula is C16H15NO6S. The number of oxazole rings is 1. The number of methoxy groups -OCH3 is 2. The van der Waals surface area contributed by atoms with Gasteiger partial charge in [-0.05, 0) is 24.3 Å². The summed E-state index contributed by atoms with van der Waals surface area (Å²) >= 11 is 0. The standard InChI is InChI=1S/C16H15NO6S/c1-10-17-13-8-12(5-6-14(13)22-10)23-24(18,19)16-9-11(20-2)4-7-15(16)21-3/h4-9H,1-3H3. The molecule has 1 heterocycles. The van der Waals surface area contributed by atoms with E-state index >= 15 is 0 Å². The highest BCUT2D eigenvalue weighted by molar-refractivity contribution is 7.87. The summed E-state index contributed by atoms with van der Waals surface area (Å²) in [7, 11) is -1.29. The fourth-order valence-electron chi connectivity index (χ4n) is 2.23. The first-order chi connectivity index (χ1) is 11.4. The molecule has 2 aromatic carbocycles. The molecule has 3 rings (SSSR count). The van der Waals surface area contributed by atoms with Gasteiger partial charge < -0.3 is 18.1 Å². The Morgan fingerprint density at radius 3 is 2.46 bits per heavy atom. The van der Waals surface area contributed by atoms with E-state index in [0.29, 0.717) is 22.7 Å². The Hall–Kier alpha value is -2.74. The maximum absolute atomic E-state index is 12.6. The number of rotatable bonds is 5. The SMILES string of the molecule is COc1ccc(OC)c(S(=O)(=O)Oc2ccc3oc(C)nc3c2)c1. The van der Waals surface area contributed by atoms with Crippen LogP contribution in [0, 0.1) is 6.92 Å². The van der Waals surface area contributed by atoms with Crippen molar-refractivity contribution < 1.29 is 26.5 Å². The van der Waals surface area contributed by atoms with Gasteiger partial charge in [-0.3, -0.25) is 0 Å². The molecule has 0 bridgehead atoms. The van der Waals surface area contributed by atoms with E-state index in [1.807, 2.05) is 0 Å². The van der Waals surface area contributed by atoms with Crippen molar-refractivity contribution in [2.24, 2.45) is 0 Å². The molecule has 1 aromatic heterocycles. The van der Waals surface area contributed by atoms with Crippen molar-refractivity contribution in [3.63, 3.8) is 0 Å². The van der Waals surface area contributed by atoms with Crippen molar-refractivity contribution in [3.8, 4) is 17.2 Å². The van der Waals surface area contributed by atoms with Gasteiger partial charge in [0.05, 0.1) is 14.2 Å². The lowest BCUT2D eigenvalue weighted by Crippen LogP contribution is -2.11. The minimum absolute atomic E-state index is 0.124. The van der Waals surface area contributed by atoms with Crippen LogP contribution in [-0.2, 0) is 10.1 Å². The van der Waals surface area contributed by atoms with Crippen molar-refractivity contribution in [1.29, 1.82) is 0 Å². The Bertz CT molecular complexity index is 993. The Labute approximate surface area is 138 Å². The van der Waals surface area contributed by atoms with Crippen LogP contribution in [0.3, 0.4) is 0 Å². The molecule has 0 spiro atoms. The van der Waals surface area contributed by atoms with Crippen LogP contribution in [0.4, 0.5) is 0 Å². The zero-order valence-electron chi connectivity index (χ0n) is 13.3. The highest BCUT2D eigenvalue weighted by atomic mass is 32.2. The quantitative estimate of drug-likeness (QED) is 0.654. The van der Waals surface area contributed by atoms with Gasteiger partial charge in [0.2, 0.25) is 0 Å². The van der Waals surface area contributed by atoms with E-state index in [9.17, 15) is 8.42 Å². The lowest BCUT2D eigenvalue weighted by atomic mass is 10.3. The van der Waals surface area contributed by atoms with E-state index in [1.54, 1.807) is 19.1 Å². The van der Waals surface area contributed by atoms with Gasteiger partial charge >= 0.3 is 10.1 Å². The minimum atomic E-state index is -4.11. The fourth-order valence-corrected chi connectivity index (χ4v) is 3.33. The number of fused-ring (bicyclic) bond motifs is 1. The molecule has 126 valence electrons. The van der Waals surface area contributed by atoms with Crippen LogP contribution in [0.5, 0.6) is 17.2 Å². The van der Waals surface area contributed by atoms with Gasteiger partial charge in [-0.1, -0.05) is 0 Å². The molecule has 0 saturated carbocycles. The van der Waals surface area contributed by atoms with Crippen molar-refractivity contribution in [2.45, 2.75) is 11.8 Å². The molecule has 0 unspecified atom stereocenters. The highest BCUT2D eigenvalue weighted by Gasteiger charge is 2.23. The maximum Gasteiger partial charge on any atom is 0.343 e. The Kier molecular flexibility index (Phi) is 4.06. The molecule has 0 atom stereocenters. The van der Waals surface area contributed by atoms with E-state index in [2.05, 4.69) is 4.98 Å². The average Bonchev–Trinajstić information content (AvgIpc) is 2.93. The highest BCUT2D eigenvalue weighted by Crippen LogP contribution is 2.31. The van der Waals surface area contributed by atoms with Gasteiger partial charge in [-0.15, -0.1) is 0 Å². The molecule has 0 radical (unpaired) electrons. The fraction of sp³-hybridized carbons (Fsp3) is 0.188. The number of aryl methyl sites for hydroxylation is 1. The number of hydrogen-bond acceptors (Lipinski definition) is 7. The summed E-state index contributed by atoms with van der Waals surface area (Å²) in [5.74, 6) is 1.15. The van der Waals surface area contributed by atoms with Gasteiger partial charge in [0.1, 0.15) is 22.8 Å². The molecular weight excluding hydrogens is 334 g/mol. The summed E-state index contributed by atoms with van der Waals surface area (Å²) in [6.07, 6.45) is 0. The third-order valence-electron chi connectivity index (χ3n) is 3.31. The molecule has 7 nitrogen and oxygen atoms in total. The van der Waals surface area contributed by atoms with Crippen LogP contribution in [0.25, 0.3) is 11.1 Å². The first-order valence-electron chi connectivity index (χ1n) is 6.96. The molecule has 0 amide bonds. The average molecular weight is 349 g/mol. The topological polar surface area (TPSA) is 87.9 Å². The van der Waals surface area contributed by atoms with Crippen molar-refractivity contribution in [2.75, 3.05) is 14.2 Å². The summed E-state index contributed by atoms with van der Waals surface area (Å²) < 4.78 is 45.9. The third-order valence-corrected chi connectivity index (χ3v) is 4.58. The molecule has 0 aliphatic carbocycles. The van der Waals surface area contributed by atoms with Gasteiger partial charge in [-0.2, -0.15) is 8.42 Å². The molecule has 0 aliphatic heterocycles. The van der Waals surface area contributed by atoms with E-state index in [4.69, 9.17) is 18.1 Å². The Morgan fingerprint density at radius 1 is 1.00 bits per heavy atom. The van der Waals surface area contributed by atoms with Crippen LogP contribution < -0.4 is 13.7 Å². The van der Waals surface area contributed by atoms with Gasteiger partial charge in [0.15, 0.2) is 16.4 Å². The van der Waals surface area contributed by atoms with Gasteiger partial charge in [0, 0.05) is 19.1 Å². The van der Waals surface area contributed by atoms with Crippen LogP contribution in [0.1, 0.15) is 5.89 Å². The predicted octanol–water partition coefficient (Wildman–Crippen LogP) is 2.92. The second kappa shape index (κ2) is 6.04. The van der Waals surface area contributed by atoms with Crippen LogP contribution >= 0.6 is 0 Å². The lowest BCUT2D eigenvalue weighted by molar-refractivity contribution is 0.388. The number of benzene rings is 2. The Balaban J connectivity index is 2.00. The van der Waals surface area contributed by atoms with Crippen molar-refractivity contribution in [3.05, 3.63) is 42.3 Å². The van der Waals surface area contributed by atoms with E-state index in [0.717, 1.165) is 0 Å². The second-order valence-electron chi connectivity index (χ2n) is 4.92. The summed E-state index contributed by atoms with van der Waals surface area (Å²) in [6, 6.07) is 9.03. The second-order valence-corrected chi connectivity index (χ2v) is 6.43. The first-order valence-corrected chi connectivity index (χ1v) is 8.37. The zero-order chi connectivity index (χ0) is 17.3. The summed E-state index contributed by atoms with van der Waals surface area (Å²) in [5.41, 5.74) is 1.06.